The largest absolute Gasteiger partial charge is 0.439 e. The Morgan fingerprint density at radius 1 is 1.19 bits per heavy atom. The van der Waals surface area contributed by atoms with E-state index in [9.17, 15) is 0 Å². The number of hydrogen-bond donors (Lipinski definition) is 1. The number of benzene rings is 1. The zero-order chi connectivity index (χ0) is 15.1. The molecule has 0 aliphatic carbocycles. The molecule has 0 aliphatic heterocycles. The van der Waals surface area contributed by atoms with E-state index in [0.717, 1.165) is 30.2 Å². The number of nitriles is 1. The van der Waals surface area contributed by atoms with E-state index in [4.69, 9.17) is 10.00 Å². The topological polar surface area (TPSA) is 70.8 Å². The van der Waals surface area contributed by atoms with Gasteiger partial charge in [0.05, 0.1) is 12.5 Å². The first-order valence-electron chi connectivity index (χ1n) is 7.00. The van der Waals surface area contributed by atoms with E-state index in [0.29, 0.717) is 18.1 Å². The van der Waals surface area contributed by atoms with Gasteiger partial charge in [0.2, 0.25) is 5.88 Å². The highest BCUT2D eigenvalue weighted by atomic mass is 16.5. The van der Waals surface area contributed by atoms with Crippen molar-refractivity contribution < 1.29 is 4.74 Å². The second-order valence-corrected chi connectivity index (χ2v) is 4.47. The molecule has 0 aliphatic rings. The predicted molar refractivity (Wildman–Crippen MR) is 81.4 cm³/mol. The molecule has 1 N–H and O–H groups in total. The van der Waals surface area contributed by atoms with Crippen molar-refractivity contribution in [3.05, 3.63) is 41.7 Å². The molecule has 1 aromatic carbocycles. The lowest BCUT2D eigenvalue weighted by molar-refractivity contribution is 0.459. The smallest absolute Gasteiger partial charge is 0.224 e. The van der Waals surface area contributed by atoms with Crippen LogP contribution >= 0.6 is 0 Å². The summed E-state index contributed by atoms with van der Waals surface area (Å²) in [6, 6.07) is 11.3. The van der Waals surface area contributed by atoms with E-state index in [1.165, 1.54) is 0 Å². The number of ether oxygens (including phenoxy) is 1. The molecule has 21 heavy (non-hydrogen) atoms. The summed E-state index contributed by atoms with van der Waals surface area (Å²) in [6.45, 7) is 4.82. The van der Waals surface area contributed by atoms with Crippen molar-refractivity contribution in [2.75, 3.05) is 11.9 Å². The Balaban J connectivity index is 2.18. The molecule has 0 saturated carbocycles. The van der Waals surface area contributed by atoms with E-state index in [-0.39, 0.29) is 0 Å². The lowest BCUT2D eigenvalue weighted by Gasteiger charge is -2.09. The van der Waals surface area contributed by atoms with Crippen LogP contribution in [0.15, 0.2) is 30.3 Å². The summed E-state index contributed by atoms with van der Waals surface area (Å²) in [4.78, 5) is 8.75. The third kappa shape index (κ3) is 4.18. The van der Waals surface area contributed by atoms with Crippen molar-refractivity contribution in [3.63, 3.8) is 0 Å². The normalized spacial score (nSPS) is 9.95. The average molecular weight is 282 g/mol. The fraction of sp³-hybridized carbons (Fsp3) is 0.312. The molecule has 5 heteroatoms. The maximum Gasteiger partial charge on any atom is 0.224 e. The molecule has 2 rings (SSSR count). The number of anilines is 1. The van der Waals surface area contributed by atoms with Crippen molar-refractivity contribution in [2.45, 2.75) is 26.7 Å². The molecular formula is C16H18N4O. The maximum absolute atomic E-state index is 8.66. The zero-order valence-electron chi connectivity index (χ0n) is 12.3. The van der Waals surface area contributed by atoms with Gasteiger partial charge in [0.25, 0.3) is 0 Å². The summed E-state index contributed by atoms with van der Waals surface area (Å²) in [5, 5.41) is 11.8. The molecule has 0 saturated heterocycles. The van der Waals surface area contributed by atoms with E-state index in [1.807, 2.05) is 38.1 Å². The fourth-order valence-electron chi connectivity index (χ4n) is 1.84. The molecule has 1 aromatic heterocycles. The molecular weight excluding hydrogens is 264 g/mol. The van der Waals surface area contributed by atoms with Crippen LogP contribution in [0.1, 0.15) is 25.2 Å². The Bertz CT molecular complexity index is 632. The molecule has 0 unspecified atom stereocenters. The Morgan fingerprint density at radius 2 is 1.95 bits per heavy atom. The molecule has 0 radical (unpaired) electrons. The summed E-state index contributed by atoms with van der Waals surface area (Å²) >= 11 is 0. The third-order valence-corrected chi connectivity index (χ3v) is 2.85. The monoisotopic (exact) mass is 282 g/mol. The van der Waals surface area contributed by atoms with Gasteiger partial charge in [-0.3, -0.25) is 0 Å². The van der Waals surface area contributed by atoms with Gasteiger partial charge in [0.1, 0.15) is 17.4 Å². The highest BCUT2D eigenvalue weighted by Crippen LogP contribution is 2.22. The van der Waals surface area contributed by atoms with Crippen LogP contribution in [0.4, 0.5) is 5.82 Å². The van der Waals surface area contributed by atoms with Crippen LogP contribution in [0, 0.1) is 11.3 Å². The van der Waals surface area contributed by atoms with Crippen molar-refractivity contribution in [1.82, 2.24) is 9.97 Å². The minimum Gasteiger partial charge on any atom is -0.439 e. The van der Waals surface area contributed by atoms with Gasteiger partial charge in [-0.05, 0) is 24.6 Å². The van der Waals surface area contributed by atoms with E-state index >= 15 is 0 Å². The summed E-state index contributed by atoms with van der Waals surface area (Å²) < 4.78 is 5.77. The molecule has 2 aromatic rings. The van der Waals surface area contributed by atoms with Gasteiger partial charge in [0.15, 0.2) is 0 Å². The Labute approximate surface area is 124 Å². The molecule has 0 amide bonds. The van der Waals surface area contributed by atoms with Crippen LogP contribution < -0.4 is 10.1 Å². The van der Waals surface area contributed by atoms with E-state index in [1.54, 1.807) is 6.07 Å². The van der Waals surface area contributed by atoms with Gasteiger partial charge in [-0.25, -0.2) is 4.98 Å². The highest BCUT2D eigenvalue weighted by Gasteiger charge is 2.05. The third-order valence-electron chi connectivity index (χ3n) is 2.85. The van der Waals surface area contributed by atoms with Gasteiger partial charge in [0, 0.05) is 19.0 Å². The quantitative estimate of drug-likeness (QED) is 0.880. The van der Waals surface area contributed by atoms with E-state index < -0.39 is 0 Å². The van der Waals surface area contributed by atoms with Gasteiger partial charge >= 0.3 is 0 Å². The highest BCUT2D eigenvalue weighted by molar-refractivity contribution is 5.40. The van der Waals surface area contributed by atoms with Crippen LogP contribution in [-0.2, 0) is 12.8 Å². The zero-order valence-corrected chi connectivity index (χ0v) is 12.3. The molecule has 0 fully saturated rings. The van der Waals surface area contributed by atoms with Crippen molar-refractivity contribution in [1.29, 1.82) is 5.26 Å². The Morgan fingerprint density at radius 3 is 2.57 bits per heavy atom. The van der Waals surface area contributed by atoms with Crippen LogP contribution in [0.5, 0.6) is 11.6 Å². The molecule has 0 spiro atoms. The number of nitrogens with zero attached hydrogens (tertiary/aromatic N) is 3. The first kappa shape index (κ1) is 14.8. The van der Waals surface area contributed by atoms with Gasteiger partial charge in [-0.2, -0.15) is 10.2 Å². The second kappa shape index (κ2) is 7.25. The minimum absolute atomic E-state index is 0.401. The average Bonchev–Trinajstić information content (AvgIpc) is 2.49. The summed E-state index contributed by atoms with van der Waals surface area (Å²) in [6.07, 6.45) is 1.15. The summed E-state index contributed by atoms with van der Waals surface area (Å²) in [7, 11) is 0. The first-order valence-corrected chi connectivity index (χ1v) is 7.00. The standard InChI is InChI=1S/C16H18N4O/c1-3-14-19-15(18-4-2)11-16(20-14)21-13-7-5-12(6-8-13)9-10-17/h5-8,11H,3-4,9H2,1-2H3,(H,18,19,20). The number of rotatable bonds is 6. The number of aromatic nitrogens is 2. The van der Waals surface area contributed by atoms with Gasteiger partial charge in [-0.15, -0.1) is 0 Å². The number of nitrogens with one attached hydrogen (secondary N) is 1. The molecule has 0 atom stereocenters. The van der Waals surface area contributed by atoms with Crippen LogP contribution in [-0.4, -0.2) is 16.5 Å². The predicted octanol–water partition coefficient (Wildman–Crippen LogP) is 3.33. The summed E-state index contributed by atoms with van der Waals surface area (Å²) in [5.41, 5.74) is 0.968. The number of hydrogen-bond acceptors (Lipinski definition) is 5. The van der Waals surface area contributed by atoms with Gasteiger partial charge < -0.3 is 10.1 Å². The minimum atomic E-state index is 0.401. The second-order valence-electron chi connectivity index (χ2n) is 4.47. The van der Waals surface area contributed by atoms with Crippen molar-refractivity contribution in [3.8, 4) is 17.7 Å². The molecule has 0 bridgehead atoms. The van der Waals surface area contributed by atoms with Crippen LogP contribution in [0.3, 0.4) is 0 Å². The maximum atomic E-state index is 8.66. The molecule has 1 heterocycles. The number of aryl methyl sites for hydroxylation is 1. The summed E-state index contributed by atoms with van der Waals surface area (Å²) in [5.74, 6) is 2.72. The van der Waals surface area contributed by atoms with Crippen molar-refractivity contribution >= 4 is 5.82 Å². The molecule has 108 valence electrons. The van der Waals surface area contributed by atoms with Crippen LogP contribution in [0.2, 0.25) is 0 Å². The van der Waals surface area contributed by atoms with Crippen molar-refractivity contribution in [2.24, 2.45) is 0 Å². The lowest BCUT2D eigenvalue weighted by atomic mass is 10.2. The first-order chi connectivity index (χ1) is 10.2. The van der Waals surface area contributed by atoms with E-state index in [2.05, 4.69) is 21.4 Å². The Kier molecular flexibility index (Phi) is 5.10. The molecule has 5 nitrogen and oxygen atoms in total. The van der Waals surface area contributed by atoms with Crippen LogP contribution in [0.25, 0.3) is 0 Å². The SMILES string of the molecule is CCNc1cc(Oc2ccc(CC#N)cc2)nc(CC)n1. The van der Waals surface area contributed by atoms with Gasteiger partial charge in [-0.1, -0.05) is 19.1 Å². The fourth-order valence-corrected chi connectivity index (χ4v) is 1.84. The lowest BCUT2D eigenvalue weighted by Crippen LogP contribution is -2.04. The Hall–Kier alpha value is -2.61.